The highest BCUT2D eigenvalue weighted by Gasteiger charge is 2.10. The molecule has 0 fully saturated rings. The minimum atomic E-state index is -0.285. The standard InChI is InChI=1S/C20H13ClFNO/c21-15-4-1-12(2-5-15)13-3-8-20(24)17(10-13)19-11-14-9-16(22)6-7-18(14)23-19/h1-11,23-24H. The maximum atomic E-state index is 13.4. The molecular weight excluding hydrogens is 325 g/mol. The van der Waals surface area contributed by atoms with Crippen molar-refractivity contribution in [3.05, 3.63) is 77.6 Å². The third-order valence-corrected chi connectivity index (χ3v) is 4.30. The van der Waals surface area contributed by atoms with Crippen LogP contribution in [0.3, 0.4) is 0 Å². The van der Waals surface area contributed by atoms with E-state index < -0.39 is 0 Å². The zero-order valence-corrected chi connectivity index (χ0v) is 13.3. The first-order chi connectivity index (χ1) is 11.6. The molecule has 1 heterocycles. The number of hydrogen-bond acceptors (Lipinski definition) is 1. The van der Waals surface area contributed by atoms with Gasteiger partial charge < -0.3 is 10.1 Å². The quantitative estimate of drug-likeness (QED) is 0.462. The lowest BCUT2D eigenvalue weighted by molar-refractivity contribution is 0.477. The van der Waals surface area contributed by atoms with Gasteiger partial charge in [0.15, 0.2) is 0 Å². The van der Waals surface area contributed by atoms with E-state index in [0.717, 1.165) is 27.7 Å². The fraction of sp³-hybridized carbons (Fsp3) is 0. The molecule has 0 aliphatic carbocycles. The van der Waals surface area contributed by atoms with Crippen LogP contribution in [0.4, 0.5) is 4.39 Å². The second kappa shape index (κ2) is 5.69. The number of aromatic hydroxyl groups is 1. The van der Waals surface area contributed by atoms with Crippen molar-refractivity contribution in [3.8, 4) is 28.1 Å². The van der Waals surface area contributed by atoms with Gasteiger partial charge >= 0.3 is 0 Å². The van der Waals surface area contributed by atoms with E-state index >= 15 is 0 Å². The summed E-state index contributed by atoms with van der Waals surface area (Å²) in [6.07, 6.45) is 0. The summed E-state index contributed by atoms with van der Waals surface area (Å²) in [6.45, 7) is 0. The van der Waals surface area contributed by atoms with Gasteiger partial charge in [0.1, 0.15) is 11.6 Å². The van der Waals surface area contributed by atoms with Gasteiger partial charge in [0, 0.05) is 21.5 Å². The van der Waals surface area contributed by atoms with Crippen molar-refractivity contribution in [2.75, 3.05) is 0 Å². The van der Waals surface area contributed by atoms with Crippen LogP contribution in [-0.2, 0) is 0 Å². The molecule has 0 bridgehead atoms. The summed E-state index contributed by atoms with van der Waals surface area (Å²) in [6, 6.07) is 19.3. The van der Waals surface area contributed by atoms with Crippen LogP contribution in [0.5, 0.6) is 5.75 Å². The first-order valence-corrected chi connectivity index (χ1v) is 7.85. The number of aromatic nitrogens is 1. The highest BCUT2D eigenvalue weighted by molar-refractivity contribution is 6.30. The Hall–Kier alpha value is -2.78. The maximum absolute atomic E-state index is 13.4. The Bertz CT molecular complexity index is 1040. The molecule has 0 atom stereocenters. The fourth-order valence-electron chi connectivity index (χ4n) is 2.82. The molecule has 0 unspecified atom stereocenters. The number of aromatic amines is 1. The third-order valence-electron chi connectivity index (χ3n) is 4.05. The van der Waals surface area contributed by atoms with E-state index in [9.17, 15) is 9.50 Å². The van der Waals surface area contributed by atoms with Gasteiger partial charge in [-0.3, -0.25) is 0 Å². The fourth-order valence-corrected chi connectivity index (χ4v) is 2.95. The Balaban J connectivity index is 1.84. The van der Waals surface area contributed by atoms with Gasteiger partial charge in [-0.2, -0.15) is 0 Å². The average molecular weight is 338 g/mol. The summed E-state index contributed by atoms with van der Waals surface area (Å²) in [7, 11) is 0. The van der Waals surface area contributed by atoms with Gasteiger partial charge in [-0.15, -0.1) is 0 Å². The Morgan fingerprint density at radius 2 is 1.58 bits per heavy atom. The molecule has 4 rings (SSSR count). The van der Waals surface area contributed by atoms with Crippen molar-refractivity contribution in [3.63, 3.8) is 0 Å². The van der Waals surface area contributed by atoms with Crippen molar-refractivity contribution in [2.45, 2.75) is 0 Å². The summed E-state index contributed by atoms with van der Waals surface area (Å²) in [5, 5.41) is 11.7. The molecule has 0 saturated carbocycles. The Kier molecular flexibility index (Phi) is 3.51. The van der Waals surface area contributed by atoms with Crippen LogP contribution in [-0.4, -0.2) is 10.1 Å². The summed E-state index contributed by atoms with van der Waals surface area (Å²) in [5.41, 5.74) is 4.19. The largest absolute Gasteiger partial charge is 0.507 e. The first-order valence-electron chi connectivity index (χ1n) is 7.48. The van der Waals surface area contributed by atoms with Gasteiger partial charge in [-0.05, 0) is 59.7 Å². The molecule has 0 aliphatic heterocycles. The van der Waals surface area contributed by atoms with Gasteiger partial charge in [0.05, 0.1) is 5.69 Å². The van der Waals surface area contributed by atoms with Crippen LogP contribution in [0.2, 0.25) is 5.02 Å². The van der Waals surface area contributed by atoms with Crippen LogP contribution >= 0.6 is 11.6 Å². The van der Waals surface area contributed by atoms with Gasteiger partial charge in [-0.25, -0.2) is 4.39 Å². The number of benzene rings is 3. The lowest BCUT2D eigenvalue weighted by Gasteiger charge is -2.07. The molecule has 0 saturated heterocycles. The molecule has 118 valence electrons. The van der Waals surface area contributed by atoms with E-state index in [1.54, 1.807) is 12.1 Å². The molecule has 0 radical (unpaired) electrons. The Morgan fingerprint density at radius 3 is 2.38 bits per heavy atom. The number of phenolic OH excluding ortho intramolecular Hbond substituents is 1. The molecule has 2 N–H and O–H groups in total. The number of nitrogens with one attached hydrogen (secondary N) is 1. The van der Waals surface area contributed by atoms with Crippen LogP contribution < -0.4 is 0 Å². The molecular formula is C20H13ClFNO. The topological polar surface area (TPSA) is 36.0 Å². The van der Waals surface area contributed by atoms with E-state index in [1.165, 1.54) is 12.1 Å². The van der Waals surface area contributed by atoms with E-state index in [-0.39, 0.29) is 11.6 Å². The number of rotatable bonds is 2. The molecule has 3 aromatic carbocycles. The lowest BCUT2D eigenvalue weighted by Crippen LogP contribution is -1.83. The minimum absolute atomic E-state index is 0.166. The maximum Gasteiger partial charge on any atom is 0.124 e. The highest BCUT2D eigenvalue weighted by Crippen LogP contribution is 2.35. The predicted octanol–water partition coefficient (Wildman–Crippen LogP) is 6.00. The second-order valence-electron chi connectivity index (χ2n) is 5.65. The number of fused-ring (bicyclic) bond motifs is 1. The van der Waals surface area contributed by atoms with Gasteiger partial charge in [0.2, 0.25) is 0 Å². The van der Waals surface area contributed by atoms with Crippen molar-refractivity contribution < 1.29 is 9.50 Å². The third kappa shape index (κ3) is 2.63. The Labute approximate surface area is 143 Å². The predicted molar refractivity (Wildman–Crippen MR) is 95.8 cm³/mol. The SMILES string of the molecule is Oc1ccc(-c2ccc(Cl)cc2)cc1-c1cc2cc(F)ccc2[nH]1. The van der Waals surface area contributed by atoms with Crippen molar-refractivity contribution in [1.29, 1.82) is 0 Å². The van der Waals surface area contributed by atoms with Gasteiger partial charge in [0.25, 0.3) is 0 Å². The molecule has 0 aliphatic rings. The molecule has 2 nitrogen and oxygen atoms in total. The average Bonchev–Trinajstić information content (AvgIpc) is 2.99. The second-order valence-corrected chi connectivity index (χ2v) is 6.09. The molecule has 1 aromatic heterocycles. The first kappa shape index (κ1) is 14.8. The molecule has 0 amide bonds. The summed E-state index contributed by atoms with van der Waals surface area (Å²) in [4.78, 5) is 3.22. The smallest absolute Gasteiger partial charge is 0.124 e. The number of phenols is 1. The van der Waals surface area contributed by atoms with Crippen LogP contribution in [0.15, 0.2) is 66.7 Å². The van der Waals surface area contributed by atoms with E-state index in [1.807, 2.05) is 42.5 Å². The Morgan fingerprint density at radius 1 is 0.833 bits per heavy atom. The minimum Gasteiger partial charge on any atom is -0.507 e. The van der Waals surface area contributed by atoms with Crippen LogP contribution in [0.1, 0.15) is 0 Å². The molecule has 4 heteroatoms. The lowest BCUT2D eigenvalue weighted by atomic mass is 10.0. The summed E-state index contributed by atoms with van der Waals surface area (Å²) < 4.78 is 13.4. The van der Waals surface area contributed by atoms with E-state index in [2.05, 4.69) is 4.98 Å². The number of hydrogen-bond donors (Lipinski definition) is 2. The summed E-state index contributed by atoms with van der Waals surface area (Å²) in [5.74, 6) is -0.119. The molecule has 24 heavy (non-hydrogen) atoms. The van der Waals surface area contributed by atoms with E-state index in [4.69, 9.17) is 11.6 Å². The zero-order chi connectivity index (χ0) is 16.7. The van der Waals surface area contributed by atoms with Crippen molar-refractivity contribution >= 4 is 22.5 Å². The van der Waals surface area contributed by atoms with Crippen LogP contribution in [0.25, 0.3) is 33.3 Å². The van der Waals surface area contributed by atoms with E-state index in [0.29, 0.717) is 10.6 Å². The normalized spacial score (nSPS) is 11.1. The molecule has 4 aromatic rings. The monoisotopic (exact) mass is 337 g/mol. The number of halogens is 2. The van der Waals surface area contributed by atoms with Gasteiger partial charge in [-0.1, -0.05) is 29.8 Å². The van der Waals surface area contributed by atoms with Crippen molar-refractivity contribution in [1.82, 2.24) is 4.98 Å². The highest BCUT2D eigenvalue weighted by atomic mass is 35.5. The summed E-state index contributed by atoms with van der Waals surface area (Å²) >= 11 is 5.93. The van der Waals surface area contributed by atoms with Crippen molar-refractivity contribution in [2.24, 2.45) is 0 Å². The molecule has 0 spiro atoms. The number of H-pyrrole nitrogens is 1. The van der Waals surface area contributed by atoms with Crippen LogP contribution in [0, 0.1) is 5.82 Å². The zero-order valence-electron chi connectivity index (χ0n) is 12.6.